The van der Waals surface area contributed by atoms with Crippen LogP contribution < -0.4 is 14.4 Å². The van der Waals surface area contributed by atoms with Crippen molar-refractivity contribution < 1.29 is 32.6 Å². The molecular formula is C40H37F2N7O5. The number of rotatable bonds is 9. The Bertz CT molecular complexity index is 2370. The van der Waals surface area contributed by atoms with Crippen molar-refractivity contribution in [2.75, 3.05) is 51.3 Å². The second-order valence-electron chi connectivity index (χ2n) is 15.6. The highest BCUT2D eigenvalue weighted by Crippen LogP contribution is 2.51. The van der Waals surface area contributed by atoms with E-state index in [9.17, 15) is 9.90 Å². The number of terminal acetylenes is 1. The van der Waals surface area contributed by atoms with Crippen molar-refractivity contribution in [1.82, 2.24) is 29.7 Å². The van der Waals surface area contributed by atoms with E-state index in [1.807, 2.05) is 9.80 Å². The molecule has 10 rings (SSSR count). The number of fused-ring (bicyclic) bond motifs is 5. The van der Waals surface area contributed by atoms with Gasteiger partial charge >= 0.3 is 6.01 Å². The molecule has 1 amide bonds. The SMILES string of the molecule is C#Cc1c(F)ccc2cc(O)cc(-c3nc(OC)c4c(N5CC6CCC(C5)N6C(=O)c5cocn5)nc(OCC5(CN6CC7CC7C6)CC5)nc4c3F)c12. The monoisotopic (exact) mass is 733 g/mol. The lowest BCUT2D eigenvalue weighted by Crippen LogP contribution is -2.56. The molecule has 2 saturated carbocycles. The highest BCUT2D eigenvalue weighted by molar-refractivity contribution is 6.04. The summed E-state index contributed by atoms with van der Waals surface area (Å²) in [5.74, 6) is 2.55. The summed E-state index contributed by atoms with van der Waals surface area (Å²) in [4.78, 5) is 38.2. The molecule has 1 N–H and O–H groups in total. The number of anilines is 1. The van der Waals surface area contributed by atoms with Gasteiger partial charge in [0, 0.05) is 49.1 Å². The Hall–Kier alpha value is -5.55. The molecule has 2 aliphatic carbocycles. The van der Waals surface area contributed by atoms with Gasteiger partial charge in [-0.25, -0.2) is 18.7 Å². The number of oxazole rings is 1. The highest BCUT2D eigenvalue weighted by atomic mass is 19.1. The van der Waals surface area contributed by atoms with Crippen molar-refractivity contribution in [3.8, 4) is 41.2 Å². The number of nitrogens with zero attached hydrogens (tertiary/aromatic N) is 7. The second kappa shape index (κ2) is 12.2. The third kappa shape index (κ3) is 5.39. The number of aromatic nitrogens is 4. The first-order valence-electron chi connectivity index (χ1n) is 18.4. The van der Waals surface area contributed by atoms with Crippen molar-refractivity contribution in [1.29, 1.82) is 0 Å². The van der Waals surface area contributed by atoms with Gasteiger partial charge in [0.2, 0.25) is 5.88 Å². The number of ether oxygens (including phenoxy) is 2. The predicted octanol–water partition coefficient (Wildman–Crippen LogP) is 5.41. The number of phenolic OH excluding ortho intramolecular Hbond substituents is 1. The fraction of sp³-hybridized carbons (Fsp3) is 0.425. The van der Waals surface area contributed by atoms with E-state index < -0.39 is 11.6 Å². The third-order valence-corrected chi connectivity index (χ3v) is 12.1. The minimum absolute atomic E-state index is 0.00993. The van der Waals surface area contributed by atoms with E-state index in [-0.39, 0.29) is 79.8 Å². The minimum atomic E-state index is -0.835. The molecule has 0 radical (unpaired) electrons. The number of aromatic hydroxyl groups is 1. The maximum atomic E-state index is 17.3. The summed E-state index contributed by atoms with van der Waals surface area (Å²) >= 11 is 0. The minimum Gasteiger partial charge on any atom is -0.508 e. The molecule has 5 aromatic rings. The van der Waals surface area contributed by atoms with Crippen LogP contribution in [0.25, 0.3) is 32.9 Å². The number of hydrogen-bond acceptors (Lipinski definition) is 11. The van der Waals surface area contributed by atoms with Crippen LogP contribution in [0.15, 0.2) is 41.3 Å². The van der Waals surface area contributed by atoms with Crippen LogP contribution in [0.4, 0.5) is 14.6 Å². The van der Waals surface area contributed by atoms with Gasteiger partial charge in [0.15, 0.2) is 17.9 Å². The molecule has 2 aromatic carbocycles. The number of halogens is 2. The number of piperazine rings is 1. The second-order valence-corrected chi connectivity index (χ2v) is 15.6. The van der Waals surface area contributed by atoms with Crippen LogP contribution in [-0.4, -0.2) is 99.3 Å². The summed E-state index contributed by atoms with van der Waals surface area (Å²) in [5, 5.41) is 11.6. The molecule has 54 heavy (non-hydrogen) atoms. The van der Waals surface area contributed by atoms with Gasteiger partial charge in [-0.1, -0.05) is 12.0 Å². The predicted molar refractivity (Wildman–Crippen MR) is 193 cm³/mol. The topological polar surface area (TPSA) is 130 Å². The number of likely N-dealkylation sites (tertiary alicyclic amines) is 1. The van der Waals surface area contributed by atoms with E-state index in [4.69, 9.17) is 25.3 Å². The number of carbonyl (C=O) groups excluding carboxylic acids is 1. The van der Waals surface area contributed by atoms with E-state index in [1.54, 1.807) is 0 Å². The standard InChI is InChI=1S/C40H37F2N7O5/c1-3-27-29(41)7-4-21-11-26(50)12-28(31(21)27)34-33(42)35-32(37(44-34)52-2)36(48-15-24-5-6-25(16-48)49(24)38(51)30-17-53-20-43-30)46-39(45-35)54-19-40(8-9-40)18-47-13-22-10-23(22)14-47/h1,4,7,11-12,17,20,22-25,50H,5-6,8-10,13-16,18-19H2,2H3. The largest absolute Gasteiger partial charge is 0.508 e. The van der Waals surface area contributed by atoms with Crippen molar-refractivity contribution in [2.45, 2.75) is 44.2 Å². The average molecular weight is 734 g/mol. The van der Waals surface area contributed by atoms with E-state index in [0.717, 1.165) is 57.2 Å². The Balaban J connectivity index is 1.08. The molecule has 3 aliphatic heterocycles. The van der Waals surface area contributed by atoms with Gasteiger partial charge in [-0.15, -0.1) is 6.42 Å². The summed E-state index contributed by atoms with van der Waals surface area (Å²) in [6, 6.07) is 5.10. The number of piperidine rings is 1. The Labute approximate surface area is 309 Å². The number of carbonyl (C=O) groups is 1. The van der Waals surface area contributed by atoms with E-state index in [2.05, 4.69) is 25.8 Å². The lowest BCUT2D eigenvalue weighted by Gasteiger charge is -2.41. The van der Waals surface area contributed by atoms with E-state index in [1.165, 1.54) is 50.5 Å². The smallest absolute Gasteiger partial charge is 0.319 e. The Morgan fingerprint density at radius 1 is 1.07 bits per heavy atom. The summed E-state index contributed by atoms with van der Waals surface area (Å²) in [6.45, 7) is 4.40. The first-order valence-corrected chi connectivity index (χ1v) is 18.4. The number of amides is 1. The molecule has 3 saturated heterocycles. The van der Waals surface area contributed by atoms with Gasteiger partial charge in [0.1, 0.15) is 40.2 Å². The lowest BCUT2D eigenvalue weighted by molar-refractivity contribution is 0.0635. The lowest BCUT2D eigenvalue weighted by atomic mass is 9.95. The van der Waals surface area contributed by atoms with Crippen molar-refractivity contribution in [2.24, 2.45) is 17.3 Å². The molecule has 276 valence electrons. The van der Waals surface area contributed by atoms with Crippen molar-refractivity contribution in [3.05, 3.63) is 59.8 Å². The Morgan fingerprint density at radius 2 is 1.85 bits per heavy atom. The maximum Gasteiger partial charge on any atom is 0.319 e. The quantitative estimate of drug-likeness (QED) is 0.195. The van der Waals surface area contributed by atoms with Gasteiger partial charge in [-0.05, 0) is 67.5 Å². The summed E-state index contributed by atoms with van der Waals surface area (Å²) in [7, 11) is 1.42. The molecule has 6 heterocycles. The molecule has 2 bridgehead atoms. The normalized spacial score (nSPS) is 23.8. The number of hydrogen-bond donors (Lipinski definition) is 1. The fourth-order valence-electron chi connectivity index (χ4n) is 9.17. The third-order valence-electron chi connectivity index (χ3n) is 12.1. The molecule has 12 nitrogen and oxygen atoms in total. The number of methoxy groups -OCH3 is 1. The van der Waals surface area contributed by atoms with Crippen LogP contribution >= 0.6 is 0 Å². The van der Waals surface area contributed by atoms with Gasteiger partial charge in [-0.2, -0.15) is 9.97 Å². The van der Waals surface area contributed by atoms with Crippen LogP contribution in [-0.2, 0) is 0 Å². The van der Waals surface area contributed by atoms with Crippen molar-refractivity contribution >= 4 is 33.4 Å². The zero-order valence-electron chi connectivity index (χ0n) is 29.6. The average Bonchev–Trinajstić information content (AvgIpc) is 3.92. The molecule has 14 heteroatoms. The summed E-state index contributed by atoms with van der Waals surface area (Å²) < 4.78 is 49.7. The highest BCUT2D eigenvalue weighted by Gasteiger charge is 2.51. The van der Waals surface area contributed by atoms with Crippen LogP contribution in [0.5, 0.6) is 17.6 Å². The summed E-state index contributed by atoms with van der Waals surface area (Å²) in [5.41, 5.74) is -0.115. The first-order chi connectivity index (χ1) is 26.2. The van der Waals surface area contributed by atoms with Crippen LogP contribution in [0, 0.1) is 41.2 Å². The first kappa shape index (κ1) is 33.1. The van der Waals surface area contributed by atoms with Crippen LogP contribution in [0.3, 0.4) is 0 Å². The van der Waals surface area contributed by atoms with Gasteiger partial charge in [-0.3, -0.25) is 4.79 Å². The maximum absolute atomic E-state index is 17.3. The van der Waals surface area contributed by atoms with E-state index in [0.29, 0.717) is 30.9 Å². The zero-order valence-corrected chi connectivity index (χ0v) is 29.6. The molecule has 5 fully saturated rings. The zero-order chi connectivity index (χ0) is 36.9. The molecular weight excluding hydrogens is 696 g/mol. The molecule has 4 atom stereocenters. The van der Waals surface area contributed by atoms with Crippen molar-refractivity contribution in [3.63, 3.8) is 0 Å². The number of pyridine rings is 1. The number of phenols is 1. The van der Waals surface area contributed by atoms with Gasteiger partial charge < -0.3 is 33.7 Å². The van der Waals surface area contributed by atoms with Crippen LogP contribution in [0.1, 0.15) is 48.2 Å². The molecule has 3 aromatic heterocycles. The van der Waals surface area contributed by atoms with Crippen LogP contribution in [0.2, 0.25) is 0 Å². The molecule has 5 aliphatic rings. The summed E-state index contributed by atoms with van der Waals surface area (Å²) in [6.07, 6.45) is 13.3. The van der Waals surface area contributed by atoms with Gasteiger partial charge in [0.05, 0.1) is 31.4 Å². The van der Waals surface area contributed by atoms with E-state index >= 15 is 8.78 Å². The molecule has 0 spiro atoms. The van der Waals surface area contributed by atoms with Gasteiger partial charge in [0.25, 0.3) is 5.91 Å². The Kier molecular flexibility index (Phi) is 7.49. The number of benzene rings is 2. The molecule has 4 unspecified atom stereocenters. The Morgan fingerprint density at radius 3 is 2.54 bits per heavy atom. The fourth-order valence-corrected chi connectivity index (χ4v) is 9.17.